The number of benzene rings is 3. The number of carbonyl (C=O) groups is 2. The first-order valence-electron chi connectivity index (χ1n) is 8.90. The van der Waals surface area contributed by atoms with Crippen molar-refractivity contribution in [3.05, 3.63) is 106 Å². The van der Waals surface area contributed by atoms with Gasteiger partial charge in [0.25, 0.3) is 11.6 Å². The monoisotopic (exact) mass is 388 g/mol. The Balaban J connectivity index is 1.94. The number of rotatable bonds is 5. The Morgan fingerprint density at radius 2 is 1.62 bits per heavy atom. The number of nitro groups is 1. The van der Waals surface area contributed by atoms with E-state index in [4.69, 9.17) is 0 Å². The van der Waals surface area contributed by atoms with E-state index in [1.165, 1.54) is 12.1 Å². The molecule has 3 aromatic carbocycles. The standard InChI is InChI=1S/C22H16N2O5/c25-20(15-9-5-2-6-10-15)19(14-7-3-1-4-8-14)22(27)17-13-16(24(28)29)11-12-18(17)23-21(22)26/h1-13,19,27H,(H,23,26)/t19-,22+/m0/s1. The lowest BCUT2D eigenvalue weighted by Gasteiger charge is -2.30. The van der Waals surface area contributed by atoms with Crippen LogP contribution in [-0.2, 0) is 10.4 Å². The average Bonchev–Trinajstić information content (AvgIpc) is 2.99. The number of nitrogens with one attached hydrogen (secondary N) is 1. The van der Waals surface area contributed by atoms with E-state index in [-0.39, 0.29) is 16.9 Å². The van der Waals surface area contributed by atoms with Gasteiger partial charge in [-0.2, -0.15) is 0 Å². The lowest BCUT2D eigenvalue weighted by Crippen LogP contribution is -2.44. The van der Waals surface area contributed by atoms with Crippen LogP contribution in [0.2, 0.25) is 0 Å². The van der Waals surface area contributed by atoms with Crippen LogP contribution in [0.3, 0.4) is 0 Å². The fraction of sp³-hybridized carbons (Fsp3) is 0.0909. The van der Waals surface area contributed by atoms with Crippen LogP contribution in [0.15, 0.2) is 78.9 Å². The molecule has 0 saturated carbocycles. The van der Waals surface area contributed by atoms with Crippen molar-refractivity contribution in [1.82, 2.24) is 0 Å². The number of carbonyl (C=O) groups excluding carboxylic acids is 2. The SMILES string of the molecule is O=C(c1ccccc1)[C@H](c1ccccc1)[C@@]1(O)C(=O)Nc2ccc([N+](=O)[O-])cc21. The van der Waals surface area contributed by atoms with Crippen molar-refractivity contribution in [3.63, 3.8) is 0 Å². The summed E-state index contributed by atoms with van der Waals surface area (Å²) in [5, 5.41) is 25.4. The van der Waals surface area contributed by atoms with Gasteiger partial charge in [0.15, 0.2) is 11.4 Å². The Morgan fingerprint density at radius 3 is 2.24 bits per heavy atom. The van der Waals surface area contributed by atoms with E-state index in [1.54, 1.807) is 60.7 Å². The zero-order chi connectivity index (χ0) is 20.6. The smallest absolute Gasteiger partial charge is 0.269 e. The predicted molar refractivity (Wildman–Crippen MR) is 106 cm³/mol. The Hall–Kier alpha value is -3.84. The lowest BCUT2D eigenvalue weighted by molar-refractivity contribution is -0.385. The molecule has 29 heavy (non-hydrogen) atoms. The number of aliphatic hydroxyl groups is 1. The van der Waals surface area contributed by atoms with Crippen molar-refractivity contribution in [1.29, 1.82) is 0 Å². The molecule has 7 nitrogen and oxygen atoms in total. The van der Waals surface area contributed by atoms with E-state index in [0.717, 1.165) is 6.07 Å². The Kier molecular flexibility index (Phi) is 4.44. The Labute approximate surface area is 165 Å². The van der Waals surface area contributed by atoms with E-state index >= 15 is 0 Å². The van der Waals surface area contributed by atoms with Gasteiger partial charge in [0.05, 0.1) is 10.8 Å². The number of fused-ring (bicyclic) bond motifs is 1. The quantitative estimate of drug-likeness (QED) is 0.395. The number of nitro benzene ring substituents is 1. The van der Waals surface area contributed by atoms with Crippen LogP contribution in [0.4, 0.5) is 11.4 Å². The van der Waals surface area contributed by atoms with Crippen LogP contribution in [-0.4, -0.2) is 21.7 Å². The first kappa shape index (κ1) is 18.5. The van der Waals surface area contributed by atoms with Crippen LogP contribution in [0.25, 0.3) is 0 Å². The summed E-state index contributed by atoms with van der Waals surface area (Å²) in [6, 6.07) is 20.5. The first-order valence-corrected chi connectivity index (χ1v) is 8.90. The largest absolute Gasteiger partial charge is 0.374 e. The third-order valence-corrected chi connectivity index (χ3v) is 5.09. The topological polar surface area (TPSA) is 110 Å². The Bertz CT molecular complexity index is 1110. The van der Waals surface area contributed by atoms with Gasteiger partial charge < -0.3 is 10.4 Å². The van der Waals surface area contributed by atoms with Crippen molar-refractivity contribution in [3.8, 4) is 0 Å². The molecule has 1 heterocycles. The van der Waals surface area contributed by atoms with Crippen molar-refractivity contribution < 1.29 is 19.6 Å². The number of hydrogen-bond acceptors (Lipinski definition) is 5. The van der Waals surface area contributed by atoms with Crippen LogP contribution >= 0.6 is 0 Å². The highest BCUT2D eigenvalue weighted by Crippen LogP contribution is 2.47. The van der Waals surface area contributed by atoms with E-state index in [1.807, 2.05) is 0 Å². The maximum atomic E-state index is 13.4. The zero-order valence-electron chi connectivity index (χ0n) is 15.1. The molecule has 0 fully saturated rings. The summed E-state index contributed by atoms with van der Waals surface area (Å²) in [7, 11) is 0. The number of anilines is 1. The highest BCUT2D eigenvalue weighted by molar-refractivity contribution is 6.12. The molecule has 1 amide bonds. The summed E-state index contributed by atoms with van der Waals surface area (Å²) in [6.45, 7) is 0. The molecule has 1 aliphatic rings. The number of hydrogen-bond donors (Lipinski definition) is 2. The molecule has 3 aromatic rings. The summed E-state index contributed by atoms with van der Waals surface area (Å²) in [4.78, 5) is 37.0. The molecule has 0 aromatic heterocycles. The van der Waals surface area contributed by atoms with E-state index < -0.39 is 28.1 Å². The van der Waals surface area contributed by atoms with Gasteiger partial charge >= 0.3 is 0 Å². The molecular formula is C22H16N2O5. The fourth-order valence-electron chi connectivity index (χ4n) is 3.69. The van der Waals surface area contributed by atoms with E-state index in [0.29, 0.717) is 11.1 Å². The average molecular weight is 388 g/mol. The first-order chi connectivity index (χ1) is 13.9. The number of nitrogens with zero attached hydrogens (tertiary/aromatic N) is 1. The maximum absolute atomic E-state index is 13.4. The van der Waals surface area contributed by atoms with Gasteiger partial charge in [0.2, 0.25) is 0 Å². The molecule has 2 atom stereocenters. The molecule has 0 aliphatic carbocycles. The van der Waals surface area contributed by atoms with E-state index in [2.05, 4.69) is 5.32 Å². The summed E-state index contributed by atoms with van der Waals surface area (Å²) >= 11 is 0. The highest BCUT2D eigenvalue weighted by atomic mass is 16.6. The van der Waals surface area contributed by atoms with Crippen LogP contribution in [0.5, 0.6) is 0 Å². The molecule has 0 spiro atoms. The summed E-state index contributed by atoms with van der Waals surface area (Å²) in [5.74, 6) is -2.55. The van der Waals surface area contributed by atoms with Gasteiger partial charge in [-0.1, -0.05) is 60.7 Å². The van der Waals surface area contributed by atoms with Crippen molar-refractivity contribution in [2.75, 3.05) is 5.32 Å². The molecule has 0 bridgehead atoms. The molecule has 7 heteroatoms. The van der Waals surface area contributed by atoms with Gasteiger partial charge in [-0.3, -0.25) is 19.7 Å². The minimum atomic E-state index is -2.30. The second-order valence-corrected chi connectivity index (χ2v) is 6.78. The third-order valence-electron chi connectivity index (χ3n) is 5.09. The number of non-ortho nitro benzene ring substituents is 1. The van der Waals surface area contributed by atoms with Crippen LogP contribution in [0.1, 0.15) is 27.4 Å². The minimum Gasteiger partial charge on any atom is -0.374 e. The molecule has 0 unspecified atom stereocenters. The molecule has 2 N–H and O–H groups in total. The molecule has 4 rings (SSSR count). The summed E-state index contributed by atoms with van der Waals surface area (Å²) in [6.07, 6.45) is 0. The third kappa shape index (κ3) is 2.97. The van der Waals surface area contributed by atoms with Crippen LogP contribution < -0.4 is 5.32 Å². The fourth-order valence-corrected chi connectivity index (χ4v) is 3.69. The van der Waals surface area contributed by atoms with Crippen molar-refractivity contribution >= 4 is 23.1 Å². The second-order valence-electron chi connectivity index (χ2n) is 6.78. The number of Topliss-reactive ketones (excluding diaryl/α,β-unsaturated/α-hetero) is 1. The van der Waals surface area contributed by atoms with Gasteiger partial charge in [-0.15, -0.1) is 0 Å². The molecular weight excluding hydrogens is 372 g/mol. The van der Waals surface area contributed by atoms with Gasteiger partial charge in [0, 0.05) is 28.9 Å². The molecule has 144 valence electrons. The van der Waals surface area contributed by atoms with Crippen molar-refractivity contribution in [2.24, 2.45) is 0 Å². The molecule has 1 aliphatic heterocycles. The predicted octanol–water partition coefficient (Wildman–Crippen LogP) is 3.40. The zero-order valence-corrected chi connectivity index (χ0v) is 15.1. The van der Waals surface area contributed by atoms with E-state index in [9.17, 15) is 24.8 Å². The number of amides is 1. The highest BCUT2D eigenvalue weighted by Gasteiger charge is 2.55. The lowest BCUT2D eigenvalue weighted by atomic mass is 9.74. The van der Waals surface area contributed by atoms with Gasteiger partial charge in [-0.25, -0.2) is 0 Å². The summed E-state index contributed by atoms with van der Waals surface area (Å²) in [5.41, 5.74) is -1.58. The number of ketones is 1. The Morgan fingerprint density at radius 1 is 1.00 bits per heavy atom. The van der Waals surface area contributed by atoms with Crippen molar-refractivity contribution in [2.45, 2.75) is 11.5 Å². The normalized spacial score (nSPS) is 18.6. The van der Waals surface area contributed by atoms with Gasteiger partial charge in [0.1, 0.15) is 0 Å². The minimum absolute atomic E-state index is 0.00911. The maximum Gasteiger partial charge on any atom is 0.269 e. The second kappa shape index (κ2) is 6.96. The molecule has 0 saturated heterocycles. The molecule has 0 radical (unpaired) electrons. The van der Waals surface area contributed by atoms with Gasteiger partial charge in [-0.05, 0) is 11.6 Å². The summed E-state index contributed by atoms with van der Waals surface area (Å²) < 4.78 is 0. The van der Waals surface area contributed by atoms with Crippen LogP contribution in [0, 0.1) is 10.1 Å².